The maximum atomic E-state index is 13.5. The lowest BCUT2D eigenvalue weighted by Crippen LogP contribution is -2.37. The number of halogens is 1. The molecule has 2 rings (SSSR count). The van der Waals surface area contributed by atoms with Crippen molar-refractivity contribution in [3.05, 3.63) is 71.5 Å². The smallest absolute Gasteiger partial charge is 0.191 e. The minimum atomic E-state index is -0.200. The highest BCUT2D eigenvalue weighted by atomic mass is 19.1. The summed E-state index contributed by atoms with van der Waals surface area (Å²) in [6.45, 7) is 1.25. The zero-order valence-corrected chi connectivity index (χ0v) is 12.8. The van der Waals surface area contributed by atoms with Gasteiger partial charge in [0, 0.05) is 25.7 Å². The minimum absolute atomic E-state index is 0.200. The quantitative estimate of drug-likeness (QED) is 0.488. The van der Waals surface area contributed by atoms with Crippen LogP contribution in [0.15, 0.2) is 59.6 Å². The van der Waals surface area contributed by atoms with E-state index in [4.69, 9.17) is 0 Å². The molecule has 0 bridgehead atoms. The van der Waals surface area contributed by atoms with Gasteiger partial charge in [0.2, 0.25) is 0 Å². The Morgan fingerprint density at radius 2 is 1.73 bits per heavy atom. The molecule has 116 valence electrons. The SMILES string of the molecule is CN=C(NCCCc1ccccc1)NCc1ccccc1F. The molecule has 0 atom stereocenters. The predicted molar refractivity (Wildman–Crippen MR) is 89.4 cm³/mol. The first-order valence-electron chi connectivity index (χ1n) is 7.51. The highest BCUT2D eigenvalue weighted by Gasteiger charge is 2.02. The van der Waals surface area contributed by atoms with E-state index >= 15 is 0 Å². The van der Waals surface area contributed by atoms with Crippen LogP contribution in [-0.4, -0.2) is 19.6 Å². The minimum Gasteiger partial charge on any atom is -0.356 e. The Labute approximate surface area is 131 Å². The van der Waals surface area contributed by atoms with Gasteiger partial charge in [-0.15, -0.1) is 0 Å². The first-order chi connectivity index (χ1) is 10.8. The molecule has 2 aromatic carbocycles. The topological polar surface area (TPSA) is 36.4 Å². The fourth-order valence-corrected chi connectivity index (χ4v) is 2.19. The molecular weight excluding hydrogens is 277 g/mol. The second-order valence-electron chi connectivity index (χ2n) is 5.03. The highest BCUT2D eigenvalue weighted by Crippen LogP contribution is 2.05. The molecule has 3 nitrogen and oxygen atoms in total. The summed E-state index contributed by atoms with van der Waals surface area (Å²) in [5.41, 5.74) is 1.97. The van der Waals surface area contributed by atoms with Gasteiger partial charge in [0.15, 0.2) is 5.96 Å². The lowest BCUT2D eigenvalue weighted by molar-refractivity contribution is 0.604. The van der Waals surface area contributed by atoms with E-state index in [1.54, 1.807) is 19.2 Å². The molecule has 0 unspecified atom stereocenters. The summed E-state index contributed by atoms with van der Waals surface area (Å²) < 4.78 is 13.5. The monoisotopic (exact) mass is 299 g/mol. The van der Waals surface area contributed by atoms with Gasteiger partial charge in [0.05, 0.1) is 0 Å². The molecular formula is C18H22FN3. The summed E-state index contributed by atoms with van der Waals surface area (Å²) in [5, 5.41) is 6.37. The van der Waals surface area contributed by atoms with E-state index in [0.29, 0.717) is 18.1 Å². The zero-order chi connectivity index (χ0) is 15.6. The highest BCUT2D eigenvalue weighted by molar-refractivity contribution is 5.79. The van der Waals surface area contributed by atoms with Crippen LogP contribution < -0.4 is 10.6 Å². The van der Waals surface area contributed by atoms with Crippen molar-refractivity contribution >= 4 is 5.96 Å². The summed E-state index contributed by atoms with van der Waals surface area (Å²) in [6.07, 6.45) is 2.04. The third-order valence-electron chi connectivity index (χ3n) is 3.41. The van der Waals surface area contributed by atoms with Crippen molar-refractivity contribution in [3.8, 4) is 0 Å². The Hall–Kier alpha value is -2.36. The summed E-state index contributed by atoms with van der Waals surface area (Å²) in [7, 11) is 1.72. The molecule has 2 aromatic rings. The van der Waals surface area contributed by atoms with Crippen LogP contribution in [0.25, 0.3) is 0 Å². The molecule has 0 aliphatic rings. The van der Waals surface area contributed by atoms with Crippen molar-refractivity contribution in [2.75, 3.05) is 13.6 Å². The van der Waals surface area contributed by atoms with Crippen molar-refractivity contribution in [2.24, 2.45) is 4.99 Å². The molecule has 0 saturated heterocycles. The van der Waals surface area contributed by atoms with Gasteiger partial charge in [-0.3, -0.25) is 4.99 Å². The molecule has 0 aliphatic heterocycles. The van der Waals surface area contributed by atoms with Crippen LogP contribution >= 0.6 is 0 Å². The molecule has 0 fully saturated rings. The first-order valence-corrected chi connectivity index (χ1v) is 7.51. The number of hydrogen-bond donors (Lipinski definition) is 2. The summed E-state index contributed by atoms with van der Waals surface area (Å²) >= 11 is 0. The van der Waals surface area contributed by atoms with Crippen LogP contribution in [-0.2, 0) is 13.0 Å². The van der Waals surface area contributed by atoms with Gasteiger partial charge in [-0.2, -0.15) is 0 Å². The predicted octanol–water partition coefficient (Wildman–Crippen LogP) is 3.12. The van der Waals surface area contributed by atoms with Crippen molar-refractivity contribution in [1.29, 1.82) is 0 Å². The Morgan fingerprint density at radius 3 is 2.45 bits per heavy atom. The lowest BCUT2D eigenvalue weighted by Gasteiger charge is -2.12. The van der Waals surface area contributed by atoms with E-state index in [0.717, 1.165) is 19.4 Å². The number of aliphatic imine (C=N–C) groups is 1. The molecule has 0 saturated carbocycles. The van der Waals surface area contributed by atoms with E-state index in [-0.39, 0.29) is 5.82 Å². The van der Waals surface area contributed by atoms with Gasteiger partial charge in [-0.05, 0) is 24.5 Å². The molecule has 22 heavy (non-hydrogen) atoms. The largest absolute Gasteiger partial charge is 0.356 e. The van der Waals surface area contributed by atoms with Crippen LogP contribution in [0, 0.1) is 5.82 Å². The van der Waals surface area contributed by atoms with Gasteiger partial charge in [0.1, 0.15) is 5.82 Å². The summed E-state index contributed by atoms with van der Waals surface area (Å²) in [5.74, 6) is 0.492. The number of benzene rings is 2. The maximum absolute atomic E-state index is 13.5. The van der Waals surface area contributed by atoms with Crippen LogP contribution in [0.4, 0.5) is 4.39 Å². The van der Waals surface area contributed by atoms with Crippen LogP contribution in [0.2, 0.25) is 0 Å². The fourth-order valence-electron chi connectivity index (χ4n) is 2.19. The van der Waals surface area contributed by atoms with E-state index in [1.807, 2.05) is 12.1 Å². The third-order valence-corrected chi connectivity index (χ3v) is 3.41. The molecule has 0 amide bonds. The van der Waals surface area contributed by atoms with E-state index < -0.39 is 0 Å². The molecule has 0 aromatic heterocycles. The molecule has 0 aliphatic carbocycles. The summed E-state index contributed by atoms with van der Waals surface area (Å²) in [6, 6.07) is 17.1. The van der Waals surface area contributed by atoms with Gasteiger partial charge in [0.25, 0.3) is 0 Å². The number of aryl methyl sites for hydroxylation is 1. The van der Waals surface area contributed by atoms with Gasteiger partial charge in [-0.1, -0.05) is 48.5 Å². The normalized spacial score (nSPS) is 11.3. The number of hydrogen-bond acceptors (Lipinski definition) is 1. The third kappa shape index (κ3) is 5.20. The Bertz CT molecular complexity index is 596. The zero-order valence-electron chi connectivity index (χ0n) is 12.8. The van der Waals surface area contributed by atoms with Crippen molar-refractivity contribution < 1.29 is 4.39 Å². The first kappa shape index (κ1) is 16.0. The van der Waals surface area contributed by atoms with Crippen LogP contribution in [0.5, 0.6) is 0 Å². The molecule has 0 spiro atoms. The lowest BCUT2D eigenvalue weighted by atomic mass is 10.1. The Kier molecular flexibility index (Phi) is 6.42. The van der Waals surface area contributed by atoms with Crippen LogP contribution in [0.3, 0.4) is 0 Å². The van der Waals surface area contributed by atoms with Crippen molar-refractivity contribution in [1.82, 2.24) is 10.6 Å². The molecule has 4 heteroatoms. The second-order valence-corrected chi connectivity index (χ2v) is 5.03. The number of nitrogens with zero attached hydrogens (tertiary/aromatic N) is 1. The van der Waals surface area contributed by atoms with Gasteiger partial charge < -0.3 is 10.6 Å². The molecule has 2 N–H and O–H groups in total. The van der Waals surface area contributed by atoms with E-state index in [1.165, 1.54) is 11.6 Å². The van der Waals surface area contributed by atoms with Crippen molar-refractivity contribution in [3.63, 3.8) is 0 Å². The van der Waals surface area contributed by atoms with Crippen LogP contribution in [0.1, 0.15) is 17.5 Å². The van der Waals surface area contributed by atoms with E-state index in [9.17, 15) is 4.39 Å². The fraction of sp³-hybridized carbons (Fsp3) is 0.278. The van der Waals surface area contributed by atoms with Gasteiger partial charge >= 0.3 is 0 Å². The molecule has 0 heterocycles. The Morgan fingerprint density at radius 1 is 1.00 bits per heavy atom. The van der Waals surface area contributed by atoms with Gasteiger partial charge in [-0.25, -0.2) is 4.39 Å². The second kappa shape index (κ2) is 8.82. The number of nitrogens with one attached hydrogen (secondary N) is 2. The average Bonchev–Trinajstić information content (AvgIpc) is 2.56. The number of rotatable bonds is 6. The summed E-state index contributed by atoms with van der Waals surface area (Å²) in [4.78, 5) is 4.15. The molecule has 0 radical (unpaired) electrons. The Balaban J connectivity index is 1.70. The number of guanidine groups is 1. The van der Waals surface area contributed by atoms with Crippen molar-refractivity contribution in [2.45, 2.75) is 19.4 Å². The standard InChI is InChI=1S/C18H22FN3/c1-20-18(22-14-16-11-5-6-12-17(16)19)21-13-7-10-15-8-3-2-4-9-15/h2-6,8-9,11-12H,7,10,13-14H2,1H3,(H2,20,21,22). The average molecular weight is 299 g/mol. The van der Waals surface area contributed by atoms with E-state index in [2.05, 4.69) is 39.9 Å². The maximum Gasteiger partial charge on any atom is 0.191 e.